The number of aliphatic hydroxyl groups excluding tert-OH is 2. The number of rotatable bonds is 16. The van der Waals surface area contributed by atoms with E-state index in [1.165, 1.54) is 0 Å². The Labute approximate surface area is 160 Å². The fourth-order valence-electron chi connectivity index (χ4n) is 1.80. The molecule has 3 atom stereocenters. The van der Waals surface area contributed by atoms with Crippen molar-refractivity contribution in [2.24, 2.45) is 0 Å². The van der Waals surface area contributed by atoms with Gasteiger partial charge in [0.1, 0.15) is 12.2 Å². The van der Waals surface area contributed by atoms with Crippen LogP contribution >= 0.6 is 0 Å². The van der Waals surface area contributed by atoms with Crippen LogP contribution in [0.15, 0.2) is 0 Å². The molecule has 0 rings (SSSR count). The predicted molar refractivity (Wildman–Crippen MR) is 95.7 cm³/mol. The molecule has 160 valence electrons. The van der Waals surface area contributed by atoms with Crippen molar-refractivity contribution >= 4 is 11.9 Å². The van der Waals surface area contributed by atoms with Crippen molar-refractivity contribution in [1.29, 1.82) is 0 Å². The van der Waals surface area contributed by atoms with E-state index >= 15 is 0 Å². The molecule has 0 saturated carbocycles. The number of ether oxygens (including phenoxy) is 5. The molecule has 0 fully saturated rings. The van der Waals surface area contributed by atoms with Crippen LogP contribution in [0.3, 0.4) is 0 Å². The number of carbonyl (C=O) groups is 2. The van der Waals surface area contributed by atoms with E-state index in [4.69, 9.17) is 28.8 Å². The molecule has 3 unspecified atom stereocenters. The van der Waals surface area contributed by atoms with Crippen molar-refractivity contribution in [2.45, 2.75) is 78.2 Å². The first kappa shape index (κ1) is 25.7. The van der Waals surface area contributed by atoms with Crippen molar-refractivity contribution in [3.05, 3.63) is 0 Å². The van der Waals surface area contributed by atoms with Crippen molar-refractivity contribution in [3.8, 4) is 0 Å². The van der Waals surface area contributed by atoms with E-state index < -0.39 is 31.4 Å². The molecular formula is C18H34O9. The van der Waals surface area contributed by atoms with Crippen LogP contribution in [0.5, 0.6) is 0 Å². The van der Waals surface area contributed by atoms with Gasteiger partial charge < -0.3 is 33.9 Å². The van der Waals surface area contributed by atoms with E-state index in [1.54, 1.807) is 13.8 Å². The van der Waals surface area contributed by atoms with Gasteiger partial charge in [-0.2, -0.15) is 0 Å². The molecule has 0 aromatic carbocycles. The molecule has 2 N–H and O–H groups in total. The standard InChI is InChI=1S/C18H34O9/c1-5-15(21)26-17(7-3)24-11-14(23-10-13(20)9-19)12-25-18(8-4)27-16(22)6-2/h13-14,17-20H,5-12H2,1-4H3. The summed E-state index contributed by atoms with van der Waals surface area (Å²) in [7, 11) is 0. The summed E-state index contributed by atoms with van der Waals surface area (Å²) in [4.78, 5) is 22.8. The number of carbonyl (C=O) groups excluding carboxylic acids is 2. The highest BCUT2D eigenvalue weighted by molar-refractivity contribution is 5.69. The zero-order valence-corrected chi connectivity index (χ0v) is 16.7. The van der Waals surface area contributed by atoms with Crippen molar-refractivity contribution < 1.29 is 43.5 Å². The SMILES string of the molecule is CCC(=O)OC(CC)OCC(COC(CC)OC(=O)CC)OCC(O)CO. The summed E-state index contributed by atoms with van der Waals surface area (Å²) >= 11 is 0. The normalized spacial score (nSPS) is 15.6. The van der Waals surface area contributed by atoms with Gasteiger partial charge in [-0.3, -0.25) is 9.59 Å². The minimum Gasteiger partial charge on any atom is -0.436 e. The van der Waals surface area contributed by atoms with Crippen LogP contribution in [-0.4, -0.2) is 73.4 Å². The number of esters is 2. The molecular weight excluding hydrogens is 360 g/mol. The molecule has 0 aliphatic rings. The Balaban J connectivity index is 4.65. The summed E-state index contributed by atoms with van der Waals surface area (Å²) < 4.78 is 26.9. The minimum absolute atomic E-state index is 0.0335. The fraction of sp³-hybridized carbons (Fsp3) is 0.889. The second kappa shape index (κ2) is 15.8. The van der Waals surface area contributed by atoms with Gasteiger partial charge in [0, 0.05) is 25.7 Å². The predicted octanol–water partition coefficient (Wildman–Crippen LogP) is 1.14. The third-order valence-corrected chi connectivity index (χ3v) is 3.44. The third kappa shape index (κ3) is 12.7. The minimum atomic E-state index is -1.03. The van der Waals surface area contributed by atoms with Gasteiger partial charge in [-0.05, 0) is 0 Å². The van der Waals surface area contributed by atoms with Crippen LogP contribution < -0.4 is 0 Å². The van der Waals surface area contributed by atoms with E-state index in [-0.39, 0.29) is 44.6 Å². The van der Waals surface area contributed by atoms with Crippen LogP contribution in [0.4, 0.5) is 0 Å². The average molecular weight is 394 g/mol. The van der Waals surface area contributed by atoms with Gasteiger partial charge in [0.2, 0.25) is 12.6 Å². The molecule has 0 saturated heterocycles. The lowest BCUT2D eigenvalue weighted by molar-refractivity contribution is -0.203. The molecule has 0 bridgehead atoms. The van der Waals surface area contributed by atoms with Crippen molar-refractivity contribution in [3.63, 3.8) is 0 Å². The molecule has 9 nitrogen and oxygen atoms in total. The summed E-state index contributed by atoms with van der Waals surface area (Å²) in [5.41, 5.74) is 0. The van der Waals surface area contributed by atoms with Gasteiger partial charge in [-0.15, -0.1) is 0 Å². The summed E-state index contributed by atoms with van der Waals surface area (Å²) in [5.74, 6) is -0.743. The van der Waals surface area contributed by atoms with Gasteiger partial charge in [0.05, 0.1) is 26.4 Å². The summed E-state index contributed by atoms with van der Waals surface area (Å²) in [6.07, 6.45) is -1.67. The average Bonchev–Trinajstić information content (AvgIpc) is 2.69. The summed E-state index contributed by atoms with van der Waals surface area (Å²) in [6.45, 7) is 6.51. The molecule has 0 amide bonds. The molecule has 0 aliphatic heterocycles. The first-order valence-electron chi connectivity index (χ1n) is 9.42. The lowest BCUT2D eigenvalue weighted by atomic mass is 10.3. The highest BCUT2D eigenvalue weighted by Gasteiger charge is 2.20. The van der Waals surface area contributed by atoms with Gasteiger partial charge in [-0.25, -0.2) is 0 Å². The molecule has 9 heteroatoms. The highest BCUT2D eigenvalue weighted by Crippen LogP contribution is 2.09. The molecule has 0 aliphatic carbocycles. The lowest BCUT2D eigenvalue weighted by Crippen LogP contribution is -2.35. The zero-order valence-electron chi connectivity index (χ0n) is 16.7. The Hall–Kier alpha value is -1.26. The van der Waals surface area contributed by atoms with Crippen LogP contribution in [0.2, 0.25) is 0 Å². The molecule has 0 aromatic rings. The van der Waals surface area contributed by atoms with Crippen molar-refractivity contribution in [2.75, 3.05) is 26.4 Å². The second-order valence-corrected chi connectivity index (χ2v) is 5.82. The van der Waals surface area contributed by atoms with Crippen LogP contribution in [0.1, 0.15) is 53.4 Å². The molecule has 0 heterocycles. The first-order chi connectivity index (χ1) is 12.9. The monoisotopic (exact) mass is 394 g/mol. The van der Waals surface area contributed by atoms with Gasteiger partial charge in [0.25, 0.3) is 0 Å². The Morgan fingerprint density at radius 1 is 0.778 bits per heavy atom. The Morgan fingerprint density at radius 3 is 1.56 bits per heavy atom. The smallest absolute Gasteiger partial charge is 0.307 e. The molecule has 0 spiro atoms. The maximum atomic E-state index is 11.4. The fourth-order valence-corrected chi connectivity index (χ4v) is 1.80. The molecule has 27 heavy (non-hydrogen) atoms. The first-order valence-corrected chi connectivity index (χ1v) is 9.42. The molecule has 0 aromatic heterocycles. The number of hydrogen-bond acceptors (Lipinski definition) is 9. The maximum absolute atomic E-state index is 11.4. The number of hydrogen-bond donors (Lipinski definition) is 2. The lowest BCUT2D eigenvalue weighted by Gasteiger charge is -2.24. The second-order valence-electron chi connectivity index (χ2n) is 5.82. The topological polar surface area (TPSA) is 121 Å². The Morgan fingerprint density at radius 2 is 1.22 bits per heavy atom. The largest absolute Gasteiger partial charge is 0.436 e. The Bertz CT molecular complexity index is 372. The van der Waals surface area contributed by atoms with Gasteiger partial charge >= 0.3 is 11.9 Å². The van der Waals surface area contributed by atoms with Gasteiger partial charge in [-0.1, -0.05) is 27.7 Å². The third-order valence-electron chi connectivity index (χ3n) is 3.44. The quantitative estimate of drug-likeness (QED) is 0.293. The van der Waals surface area contributed by atoms with E-state index in [1.807, 2.05) is 13.8 Å². The van der Waals surface area contributed by atoms with E-state index in [0.717, 1.165) is 0 Å². The Kier molecular flexibility index (Phi) is 15.0. The summed E-state index contributed by atoms with van der Waals surface area (Å²) in [5, 5.41) is 18.4. The van der Waals surface area contributed by atoms with E-state index in [0.29, 0.717) is 12.8 Å². The van der Waals surface area contributed by atoms with Crippen LogP contribution in [0, 0.1) is 0 Å². The van der Waals surface area contributed by atoms with Gasteiger partial charge in [0.15, 0.2) is 0 Å². The van der Waals surface area contributed by atoms with E-state index in [9.17, 15) is 14.7 Å². The van der Waals surface area contributed by atoms with Crippen molar-refractivity contribution in [1.82, 2.24) is 0 Å². The maximum Gasteiger partial charge on any atom is 0.307 e. The summed E-state index contributed by atoms with van der Waals surface area (Å²) in [6, 6.07) is 0. The van der Waals surface area contributed by atoms with E-state index in [2.05, 4.69) is 0 Å². The molecule has 0 radical (unpaired) electrons. The zero-order chi connectivity index (χ0) is 20.7. The van der Waals surface area contributed by atoms with Crippen LogP contribution in [0.25, 0.3) is 0 Å². The number of aliphatic hydroxyl groups is 2. The van der Waals surface area contributed by atoms with Crippen LogP contribution in [-0.2, 0) is 33.3 Å². The highest BCUT2D eigenvalue weighted by atomic mass is 16.7.